The molecule has 7 nitrogen and oxygen atoms in total. The zero-order chi connectivity index (χ0) is 21.5. The molecule has 3 aromatic rings. The number of thiophene rings is 1. The smallest absolute Gasteiger partial charge is 0.341 e. The van der Waals surface area contributed by atoms with E-state index in [9.17, 15) is 9.59 Å². The normalized spacial score (nSPS) is 10.8. The number of aromatic nitrogens is 3. The molecule has 0 atom stereocenters. The fourth-order valence-corrected chi connectivity index (χ4v) is 4.71. The summed E-state index contributed by atoms with van der Waals surface area (Å²) in [5.74, 6) is 0.340. The van der Waals surface area contributed by atoms with Crippen LogP contribution in [-0.2, 0) is 16.1 Å². The molecule has 3 rings (SSSR count). The Kier molecular flexibility index (Phi) is 7.64. The predicted octanol–water partition coefficient (Wildman–Crippen LogP) is 4.63. The lowest BCUT2D eigenvalue weighted by molar-refractivity contribution is -0.113. The summed E-state index contributed by atoms with van der Waals surface area (Å²) in [4.78, 5) is 25.2. The fraction of sp³-hybridized carbons (Fsp3) is 0.333. The van der Waals surface area contributed by atoms with Crippen molar-refractivity contribution in [3.05, 3.63) is 47.1 Å². The number of ether oxygens (including phenoxy) is 1. The number of hydrogen-bond donors (Lipinski definition) is 1. The van der Waals surface area contributed by atoms with E-state index >= 15 is 0 Å². The van der Waals surface area contributed by atoms with Gasteiger partial charge in [-0.05, 0) is 25.8 Å². The summed E-state index contributed by atoms with van der Waals surface area (Å²) in [6.07, 6.45) is 0.957. The first-order valence-electron chi connectivity index (χ1n) is 9.71. The van der Waals surface area contributed by atoms with Gasteiger partial charge in [0.05, 0.1) is 12.4 Å². The molecule has 1 aromatic carbocycles. The van der Waals surface area contributed by atoms with E-state index in [1.54, 1.807) is 6.92 Å². The molecule has 0 aliphatic carbocycles. The molecular formula is C21H24N4O3S2. The van der Waals surface area contributed by atoms with Crippen LogP contribution < -0.4 is 5.32 Å². The van der Waals surface area contributed by atoms with Gasteiger partial charge in [0.1, 0.15) is 16.4 Å². The number of carbonyl (C=O) groups excluding carboxylic acids is 2. The van der Waals surface area contributed by atoms with Gasteiger partial charge in [-0.25, -0.2) is 4.79 Å². The second kappa shape index (κ2) is 10.4. The van der Waals surface area contributed by atoms with Gasteiger partial charge >= 0.3 is 5.97 Å². The number of aryl methyl sites for hydroxylation is 1. The standard InChI is InChI=1S/C21H24N4O3S2/c1-4-11-25-14(3)23-24-21(25)30-13-17(26)22-19-18(20(27)28-5-2)16(12-29-19)15-9-7-6-8-10-15/h6-10,12H,4-5,11,13H2,1-3H3,(H,22,26). The highest BCUT2D eigenvalue weighted by Gasteiger charge is 2.23. The molecule has 1 amide bonds. The third-order valence-corrected chi connectivity index (χ3v) is 6.15. The number of benzene rings is 1. The van der Waals surface area contributed by atoms with Crippen molar-refractivity contribution in [1.82, 2.24) is 14.8 Å². The molecule has 0 saturated heterocycles. The van der Waals surface area contributed by atoms with Gasteiger partial charge in [0.2, 0.25) is 5.91 Å². The maximum Gasteiger partial charge on any atom is 0.341 e. The van der Waals surface area contributed by atoms with Gasteiger partial charge in [0.15, 0.2) is 5.16 Å². The number of hydrogen-bond acceptors (Lipinski definition) is 7. The first-order valence-corrected chi connectivity index (χ1v) is 11.6. The van der Waals surface area contributed by atoms with Crippen LogP contribution in [0.25, 0.3) is 11.1 Å². The second-order valence-corrected chi connectivity index (χ2v) is 8.28. The van der Waals surface area contributed by atoms with Crippen LogP contribution in [0.2, 0.25) is 0 Å². The fourth-order valence-electron chi connectivity index (χ4n) is 2.93. The maximum atomic E-state index is 12.6. The van der Waals surface area contributed by atoms with Gasteiger partial charge in [0, 0.05) is 17.5 Å². The highest BCUT2D eigenvalue weighted by Crippen LogP contribution is 2.36. The van der Waals surface area contributed by atoms with Crippen LogP contribution in [0, 0.1) is 6.92 Å². The summed E-state index contributed by atoms with van der Waals surface area (Å²) in [6.45, 7) is 6.81. The Morgan fingerprint density at radius 3 is 2.67 bits per heavy atom. The summed E-state index contributed by atoms with van der Waals surface area (Å²) >= 11 is 2.64. The second-order valence-electron chi connectivity index (χ2n) is 6.46. The summed E-state index contributed by atoms with van der Waals surface area (Å²) < 4.78 is 7.24. The van der Waals surface area contributed by atoms with Gasteiger partial charge in [-0.3, -0.25) is 4.79 Å². The maximum absolute atomic E-state index is 12.6. The Labute approximate surface area is 183 Å². The number of rotatable bonds is 9. The summed E-state index contributed by atoms with van der Waals surface area (Å²) in [5, 5.41) is 14.2. The molecule has 2 heterocycles. The van der Waals surface area contributed by atoms with Gasteiger partial charge < -0.3 is 14.6 Å². The number of nitrogens with zero attached hydrogens (tertiary/aromatic N) is 3. The number of esters is 1. The van der Waals surface area contributed by atoms with E-state index in [4.69, 9.17) is 4.74 Å². The predicted molar refractivity (Wildman–Crippen MR) is 120 cm³/mol. The first kappa shape index (κ1) is 22.0. The molecule has 0 aliphatic heterocycles. The van der Waals surface area contributed by atoms with Crippen LogP contribution >= 0.6 is 23.1 Å². The van der Waals surface area contributed by atoms with Crippen LogP contribution in [0.4, 0.5) is 5.00 Å². The van der Waals surface area contributed by atoms with Gasteiger partial charge in [-0.1, -0.05) is 49.0 Å². The molecule has 1 N–H and O–H groups in total. The van der Waals surface area contributed by atoms with Gasteiger partial charge in [-0.15, -0.1) is 21.5 Å². The minimum Gasteiger partial charge on any atom is -0.462 e. The Morgan fingerprint density at radius 2 is 1.97 bits per heavy atom. The molecule has 0 bridgehead atoms. The van der Waals surface area contributed by atoms with E-state index in [-0.39, 0.29) is 18.3 Å². The van der Waals surface area contributed by atoms with Crippen molar-refractivity contribution >= 4 is 40.0 Å². The lowest BCUT2D eigenvalue weighted by Gasteiger charge is -2.09. The van der Waals surface area contributed by atoms with E-state index in [2.05, 4.69) is 22.4 Å². The number of carbonyl (C=O) groups is 2. The molecule has 0 radical (unpaired) electrons. The SMILES string of the molecule is CCCn1c(C)nnc1SCC(=O)Nc1scc(-c2ccccc2)c1C(=O)OCC. The number of anilines is 1. The van der Waals surface area contributed by atoms with E-state index < -0.39 is 5.97 Å². The Morgan fingerprint density at radius 1 is 1.20 bits per heavy atom. The van der Waals surface area contributed by atoms with Gasteiger partial charge in [0.25, 0.3) is 0 Å². The summed E-state index contributed by atoms with van der Waals surface area (Å²) in [7, 11) is 0. The number of amides is 1. The lowest BCUT2D eigenvalue weighted by atomic mass is 10.0. The largest absolute Gasteiger partial charge is 0.462 e. The minimum absolute atomic E-state index is 0.169. The zero-order valence-corrected chi connectivity index (χ0v) is 18.8. The minimum atomic E-state index is -0.445. The monoisotopic (exact) mass is 444 g/mol. The average molecular weight is 445 g/mol. The number of nitrogens with one attached hydrogen (secondary N) is 1. The van der Waals surface area contributed by atoms with Crippen molar-refractivity contribution in [2.45, 2.75) is 38.9 Å². The molecule has 0 unspecified atom stereocenters. The first-order chi connectivity index (χ1) is 14.5. The van der Waals surface area contributed by atoms with E-state index in [1.807, 2.05) is 47.2 Å². The van der Waals surface area contributed by atoms with Crippen molar-refractivity contribution in [1.29, 1.82) is 0 Å². The van der Waals surface area contributed by atoms with Crippen molar-refractivity contribution in [2.75, 3.05) is 17.7 Å². The molecule has 2 aromatic heterocycles. The molecular weight excluding hydrogens is 420 g/mol. The molecule has 0 spiro atoms. The van der Waals surface area contributed by atoms with Crippen LogP contribution in [0.3, 0.4) is 0 Å². The van der Waals surface area contributed by atoms with Crippen molar-refractivity contribution < 1.29 is 14.3 Å². The third kappa shape index (κ3) is 5.09. The van der Waals surface area contributed by atoms with Crippen molar-refractivity contribution in [3.63, 3.8) is 0 Å². The van der Waals surface area contributed by atoms with E-state index in [0.717, 1.165) is 29.9 Å². The number of thioether (sulfide) groups is 1. The zero-order valence-electron chi connectivity index (χ0n) is 17.2. The van der Waals surface area contributed by atoms with Crippen molar-refractivity contribution in [3.8, 4) is 11.1 Å². The quantitative estimate of drug-likeness (QED) is 0.382. The van der Waals surface area contributed by atoms with Crippen molar-refractivity contribution in [2.24, 2.45) is 0 Å². The third-order valence-electron chi connectivity index (χ3n) is 4.29. The van der Waals surface area contributed by atoms with Crippen LogP contribution in [0.15, 0.2) is 40.9 Å². The highest BCUT2D eigenvalue weighted by atomic mass is 32.2. The molecule has 30 heavy (non-hydrogen) atoms. The molecule has 0 aliphatic rings. The Bertz CT molecular complexity index is 1010. The molecule has 9 heteroatoms. The molecule has 0 saturated carbocycles. The Hall–Kier alpha value is -2.65. The molecule has 158 valence electrons. The average Bonchev–Trinajstić information content (AvgIpc) is 3.31. The van der Waals surface area contributed by atoms with E-state index in [0.29, 0.717) is 15.7 Å². The summed E-state index contributed by atoms with van der Waals surface area (Å²) in [5.41, 5.74) is 2.03. The van der Waals surface area contributed by atoms with Crippen LogP contribution in [-0.4, -0.2) is 39.0 Å². The molecule has 0 fully saturated rings. The lowest BCUT2D eigenvalue weighted by Crippen LogP contribution is -2.17. The Balaban J connectivity index is 1.76. The van der Waals surface area contributed by atoms with Crippen LogP contribution in [0.5, 0.6) is 0 Å². The van der Waals surface area contributed by atoms with Gasteiger partial charge in [-0.2, -0.15) is 0 Å². The van der Waals surface area contributed by atoms with Crippen LogP contribution in [0.1, 0.15) is 36.5 Å². The topological polar surface area (TPSA) is 86.1 Å². The van der Waals surface area contributed by atoms with E-state index in [1.165, 1.54) is 23.1 Å². The highest BCUT2D eigenvalue weighted by molar-refractivity contribution is 7.99. The summed E-state index contributed by atoms with van der Waals surface area (Å²) in [6, 6.07) is 9.58.